The Morgan fingerprint density at radius 2 is 1.21 bits per heavy atom. The Hall–Kier alpha value is -1.86. The van der Waals surface area contributed by atoms with Crippen molar-refractivity contribution >= 4 is 58.7 Å². The molecular formula is C53H62Cl4Zr. The monoisotopic (exact) mass is 928 g/mol. The van der Waals surface area contributed by atoms with Crippen LogP contribution in [0.4, 0.5) is 0 Å². The van der Waals surface area contributed by atoms with Crippen LogP contribution in [-0.2, 0) is 36.5 Å². The topological polar surface area (TPSA) is 0 Å². The summed E-state index contributed by atoms with van der Waals surface area (Å²) < 4.78 is 9.01. The van der Waals surface area contributed by atoms with E-state index in [0.29, 0.717) is 11.3 Å². The molecular weight excluding hydrogens is 870 g/mol. The number of hydrogen-bond acceptors (Lipinski definition) is 0. The van der Waals surface area contributed by atoms with E-state index in [-0.39, 0.29) is 35.6 Å². The third kappa shape index (κ3) is 8.01. The van der Waals surface area contributed by atoms with Crippen molar-refractivity contribution in [2.24, 2.45) is 29.1 Å². The molecule has 1 atom stereocenters. The summed E-state index contributed by atoms with van der Waals surface area (Å²) >= 11 is 9.06. The molecule has 5 heteroatoms. The van der Waals surface area contributed by atoms with E-state index in [1.807, 2.05) is 0 Å². The third-order valence-corrected chi connectivity index (χ3v) is 26.7. The Morgan fingerprint density at radius 3 is 1.71 bits per heavy atom. The van der Waals surface area contributed by atoms with Crippen LogP contribution in [0.25, 0.3) is 11.1 Å². The van der Waals surface area contributed by atoms with Gasteiger partial charge in [-0.15, -0.1) is 24.8 Å². The summed E-state index contributed by atoms with van der Waals surface area (Å²) in [6, 6.07) is 29.8. The van der Waals surface area contributed by atoms with E-state index in [0.717, 1.165) is 34.2 Å². The van der Waals surface area contributed by atoms with Crippen molar-refractivity contribution in [3.8, 4) is 11.1 Å². The van der Waals surface area contributed by atoms with Gasteiger partial charge in [-0.3, -0.25) is 0 Å². The standard InChI is InChI=1S/C21H25.C18H25.2C7H5Cl.2ClH.Zr/c1-20(2,3)16-7-9-18-14(12-16)11-15-13-17(21(4,5)6)8-10-19(15)18;1-12-3-13(2)17(4-12)11-18-8-14-5-15(9-18)7-16(6-14)10-18;2*1-6-2-4-7(8)5-3-6;;;/h7-10,12H,11H2,1-6H3;4,12,14-16H,5-11H2,1-2H3;2*1-5H;2*1H;. The number of allylic oxidation sites excluding steroid dienone is 4. The van der Waals surface area contributed by atoms with Crippen LogP contribution in [-0.4, -0.2) is 7.42 Å². The van der Waals surface area contributed by atoms with Gasteiger partial charge in [0.25, 0.3) is 0 Å². The first kappa shape index (κ1) is 44.2. The molecule has 0 spiro atoms. The van der Waals surface area contributed by atoms with Gasteiger partial charge in [0.2, 0.25) is 0 Å². The third-order valence-electron chi connectivity index (χ3n) is 14.7. The first-order valence-corrected chi connectivity index (χ1v) is 27.5. The van der Waals surface area contributed by atoms with E-state index >= 15 is 0 Å². The second-order valence-electron chi connectivity index (χ2n) is 20.9. The fourth-order valence-corrected chi connectivity index (χ4v) is 26.9. The maximum Gasteiger partial charge on any atom is -0.147 e. The van der Waals surface area contributed by atoms with Gasteiger partial charge in [0.1, 0.15) is 0 Å². The number of fused-ring (bicyclic) bond motifs is 3. The number of rotatable bonds is 6. The summed E-state index contributed by atoms with van der Waals surface area (Å²) in [6.07, 6.45) is 13.8. The molecule has 4 fully saturated rings. The second-order valence-corrected chi connectivity index (χ2v) is 30.1. The molecule has 0 amide bonds. The Kier molecular flexibility index (Phi) is 12.3. The van der Waals surface area contributed by atoms with E-state index in [2.05, 4.69) is 148 Å². The number of hydrogen-bond donors (Lipinski definition) is 0. The molecule has 4 saturated carbocycles. The van der Waals surface area contributed by atoms with Crippen molar-refractivity contribution in [2.45, 2.75) is 118 Å². The van der Waals surface area contributed by atoms with E-state index in [4.69, 9.17) is 23.2 Å². The summed E-state index contributed by atoms with van der Waals surface area (Å²) in [6.45, 7) is 19.4. The molecule has 0 heterocycles. The molecule has 0 saturated heterocycles. The minimum absolute atomic E-state index is 0. The molecule has 58 heavy (non-hydrogen) atoms. The van der Waals surface area contributed by atoms with Crippen LogP contribution in [0.5, 0.6) is 0 Å². The minimum atomic E-state index is -4.15. The van der Waals surface area contributed by atoms with Gasteiger partial charge in [-0.2, -0.15) is 0 Å². The summed E-state index contributed by atoms with van der Waals surface area (Å²) in [5.74, 6) is 3.24. The molecule has 6 aliphatic rings. The molecule has 306 valence electrons. The van der Waals surface area contributed by atoms with Crippen molar-refractivity contribution in [3.63, 3.8) is 0 Å². The minimum Gasteiger partial charge on any atom is -0.147 e. The molecule has 0 aliphatic heterocycles. The molecule has 10 rings (SSSR count). The van der Waals surface area contributed by atoms with Crippen LogP contribution in [0, 0.1) is 29.1 Å². The van der Waals surface area contributed by atoms with Gasteiger partial charge in [0, 0.05) is 0 Å². The van der Waals surface area contributed by atoms with Crippen LogP contribution in [0.15, 0.2) is 99.4 Å². The van der Waals surface area contributed by atoms with Gasteiger partial charge in [-0.05, 0) is 0 Å². The van der Waals surface area contributed by atoms with Crippen molar-refractivity contribution < 1.29 is 19.3 Å². The normalized spacial score (nSPS) is 24.2. The van der Waals surface area contributed by atoms with Gasteiger partial charge in [-0.1, -0.05) is 0 Å². The maximum absolute atomic E-state index is 6.61. The zero-order valence-corrected chi connectivity index (χ0v) is 41.4. The predicted octanol–water partition coefficient (Wildman–Crippen LogP) is 14.9. The quantitative estimate of drug-likeness (QED) is 0.159. The van der Waals surface area contributed by atoms with E-state index < -0.39 is 19.3 Å². The Bertz CT molecular complexity index is 2330. The van der Waals surface area contributed by atoms with Crippen LogP contribution in [0.3, 0.4) is 0 Å². The van der Waals surface area contributed by atoms with E-state index in [1.54, 1.807) is 23.3 Å². The van der Waals surface area contributed by atoms with Crippen molar-refractivity contribution in [1.29, 1.82) is 0 Å². The molecule has 0 nitrogen and oxygen atoms in total. The van der Waals surface area contributed by atoms with E-state index in [9.17, 15) is 0 Å². The first-order valence-electron chi connectivity index (χ1n) is 21.5. The van der Waals surface area contributed by atoms with Crippen LogP contribution >= 0.6 is 48.0 Å². The summed E-state index contributed by atoms with van der Waals surface area (Å²) in [5.41, 5.74) is 15.2. The molecule has 0 N–H and O–H groups in total. The van der Waals surface area contributed by atoms with E-state index in [1.165, 1.54) is 83.9 Å². The number of benzene rings is 4. The van der Waals surface area contributed by atoms with Crippen LogP contribution < -0.4 is 3.27 Å². The summed E-state index contributed by atoms with van der Waals surface area (Å²) in [7, 11) is 0. The molecule has 4 bridgehead atoms. The van der Waals surface area contributed by atoms with Crippen molar-refractivity contribution in [3.05, 3.63) is 143 Å². The fraction of sp³-hybridized carbons (Fsp3) is 0.434. The predicted molar refractivity (Wildman–Crippen MR) is 255 cm³/mol. The van der Waals surface area contributed by atoms with Crippen molar-refractivity contribution in [1.82, 2.24) is 0 Å². The first-order chi connectivity index (χ1) is 26.5. The Morgan fingerprint density at radius 1 is 0.690 bits per heavy atom. The van der Waals surface area contributed by atoms with Gasteiger partial charge in [0.15, 0.2) is 0 Å². The second kappa shape index (κ2) is 16.1. The number of halogens is 4. The molecule has 4 aromatic rings. The fourth-order valence-electron chi connectivity index (χ4n) is 12.8. The smallest absolute Gasteiger partial charge is 0.147 e. The molecule has 0 radical (unpaired) electrons. The Labute approximate surface area is 375 Å². The molecule has 1 unspecified atom stereocenters. The van der Waals surface area contributed by atoms with Gasteiger partial charge in [0.05, 0.1) is 0 Å². The summed E-state index contributed by atoms with van der Waals surface area (Å²) in [4.78, 5) is 0. The zero-order valence-electron chi connectivity index (χ0n) is 35.8. The van der Waals surface area contributed by atoms with Crippen LogP contribution in [0.1, 0.15) is 134 Å². The average molecular weight is 932 g/mol. The van der Waals surface area contributed by atoms with Crippen molar-refractivity contribution in [2.75, 3.05) is 0 Å². The SMILES string of the molecule is CC1=[C]([Zr](=[CH]c2ccc(Cl)cc2)(=[CH]c2ccc(Cl)cc2)[c]2c(C(C)(C)C)ccc3c2Cc2cc(C(C)(C)C)ccc2-3)C(C)C=C1CC12CC3CC(CC(C3)C1)C2.Cl.Cl. The van der Waals surface area contributed by atoms with Gasteiger partial charge in [-0.25, -0.2) is 0 Å². The molecule has 4 aromatic carbocycles. The average Bonchev–Trinajstić information content (AvgIpc) is 3.63. The van der Waals surface area contributed by atoms with Crippen LogP contribution in [0.2, 0.25) is 10.0 Å². The molecule has 6 aliphatic carbocycles. The van der Waals surface area contributed by atoms with Gasteiger partial charge >= 0.3 is 354 Å². The largest absolute Gasteiger partial charge is 0.147 e. The zero-order chi connectivity index (χ0) is 39.4. The summed E-state index contributed by atoms with van der Waals surface area (Å²) in [5, 5.41) is 1.57. The van der Waals surface area contributed by atoms with Gasteiger partial charge < -0.3 is 0 Å². The maximum atomic E-state index is 6.61. The molecule has 0 aromatic heterocycles. The Balaban J connectivity index is 0.00000256.